The summed E-state index contributed by atoms with van der Waals surface area (Å²) in [5.41, 5.74) is 1.39. The highest BCUT2D eigenvalue weighted by molar-refractivity contribution is 7.13. The lowest BCUT2D eigenvalue weighted by Crippen LogP contribution is -2.19. The molecule has 0 radical (unpaired) electrons. The number of carboxylic acids is 1. The second-order valence-corrected chi connectivity index (χ2v) is 4.19. The molecular formula is C10H8N4O4S. The number of amides is 2. The zero-order chi connectivity index (χ0) is 13.8. The van der Waals surface area contributed by atoms with Crippen LogP contribution in [0.1, 0.15) is 10.4 Å². The van der Waals surface area contributed by atoms with Crippen molar-refractivity contribution in [3.05, 3.63) is 29.3 Å². The Bertz CT molecular complexity index is 614. The molecule has 0 unspecified atom stereocenters. The fourth-order valence-electron chi connectivity index (χ4n) is 1.27. The monoisotopic (exact) mass is 280 g/mol. The number of aromatic nitrogens is 2. The van der Waals surface area contributed by atoms with E-state index in [9.17, 15) is 14.7 Å². The molecule has 0 atom stereocenters. The lowest BCUT2D eigenvalue weighted by Gasteiger charge is -2.07. The number of carbonyl (C=O) groups excluding carboxylic acids is 1. The third-order valence-corrected chi connectivity index (χ3v) is 2.67. The number of hydrogen-bond donors (Lipinski definition) is 4. The molecule has 1 heterocycles. The quantitative estimate of drug-likeness (QED) is 0.633. The molecule has 0 aliphatic rings. The van der Waals surface area contributed by atoms with Crippen molar-refractivity contribution < 1.29 is 19.8 Å². The number of nitrogens with zero attached hydrogens (tertiary/aromatic N) is 2. The SMILES string of the molecule is O=C(Nc1ccc(O)c(C(=O)O)c1)Nc1nncs1. The first-order chi connectivity index (χ1) is 9.06. The van der Waals surface area contributed by atoms with E-state index in [0.29, 0.717) is 5.13 Å². The van der Waals surface area contributed by atoms with Gasteiger partial charge >= 0.3 is 12.0 Å². The molecule has 0 aliphatic heterocycles. The lowest BCUT2D eigenvalue weighted by atomic mass is 10.2. The Morgan fingerprint density at radius 3 is 2.68 bits per heavy atom. The second-order valence-electron chi connectivity index (χ2n) is 3.36. The van der Waals surface area contributed by atoms with Gasteiger partial charge in [-0.3, -0.25) is 5.32 Å². The van der Waals surface area contributed by atoms with E-state index in [4.69, 9.17) is 5.11 Å². The molecule has 0 saturated carbocycles. The van der Waals surface area contributed by atoms with Gasteiger partial charge < -0.3 is 15.5 Å². The summed E-state index contributed by atoms with van der Waals surface area (Å²) >= 11 is 1.14. The molecule has 4 N–H and O–H groups in total. The number of aromatic hydroxyl groups is 1. The maximum Gasteiger partial charge on any atom is 0.339 e. The van der Waals surface area contributed by atoms with Crippen molar-refractivity contribution in [3.8, 4) is 5.75 Å². The molecule has 98 valence electrons. The first-order valence-corrected chi connectivity index (χ1v) is 5.84. The van der Waals surface area contributed by atoms with Gasteiger partial charge in [0.1, 0.15) is 16.8 Å². The first-order valence-electron chi connectivity index (χ1n) is 4.97. The van der Waals surface area contributed by atoms with Crippen LogP contribution < -0.4 is 10.6 Å². The van der Waals surface area contributed by atoms with E-state index in [2.05, 4.69) is 20.8 Å². The predicted octanol–water partition coefficient (Wildman–Crippen LogP) is 1.59. The van der Waals surface area contributed by atoms with Gasteiger partial charge in [0.25, 0.3) is 0 Å². The summed E-state index contributed by atoms with van der Waals surface area (Å²) in [4.78, 5) is 22.4. The molecule has 1 aromatic heterocycles. The van der Waals surface area contributed by atoms with Gasteiger partial charge in [0.05, 0.1) is 0 Å². The van der Waals surface area contributed by atoms with Crippen molar-refractivity contribution in [1.82, 2.24) is 10.2 Å². The van der Waals surface area contributed by atoms with Crippen molar-refractivity contribution in [2.45, 2.75) is 0 Å². The fourth-order valence-corrected chi connectivity index (χ4v) is 1.71. The maximum absolute atomic E-state index is 11.6. The molecule has 0 spiro atoms. The topological polar surface area (TPSA) is 124 Å². The number of carbonyl (C=O) groups is 2. The zero-order valence-electron chi connectivity index (χ0n) is 9.32. The van der Waals surface area contributed by atoms with Crippen LogP contribution >= 0.6 is 11.3 Å². The highest BCUT2D eigenvalue weighted by Crippen LogP contribution is 2.21. The largest absolute Gasteiger partial charge is 0.507 e. The van der Waals surface area contributed by atoms with Crippen molar-refractivity contribution in [1.29, 1.82) is 0 Å². The van der Waals surface area contributed by atoms with Gasteiger partial charge in [0.2, 0.25) is 5.13 Å². The molecule has 0 fully saturated rings. The van der Waals surface area contributed by atoms with Crippen LogP contribution in [0.2, 0.25) is 0 Å². The number of anilines is 2. The van der Waals surface area contributed by atoms with E-state index >= 15 is 0 Å². The average molecular weight is 280 g/mol. The summed E-state index contributed by atoms with van der Waals surface area (Å²) < 4.78 is 0. The van der Waals surface area contributed by atoms with Crippen molar-refractivity contribution in [3.63, 3.8) is 0 Å². The van der Waals surface area contributed by atoms with Crippen LogP contribution in [-0.2, 0) is 0 Å². The number of rotatable bonds is 3. The third kappa shape index (κ3) is 3.16. The standard InChI is InChI=1S/C10H8N4O4S/c15-7-2-1-5(3-6(7)8(16)17)12-9(18)13-10-14-11-4-19-10/h1-4,15H,(H,16,17)(H2,12,13,14,18). The van der Waals surface area contributed by atoms with Gasteiger partial charge in [0, 0.05) is 5.69 Å². The molecule has 9 heteroatoms. The molecule has 2 amide bonds. The number of aromatic carboxylic acids is 1. The van der Waals surface area contributed by atoms with Crippen molar-refractivity contribution in [2.75, 3.05) is 10.6 Å². The summed E-state index contributed by atoms with van der Waals surface area (Å²) in [7, 11) is 0. The molecular weight excluding hydrogens is 272 g/mol. The van der Waals surface area contributed by atoms with E-state index in [1.807, 2.05) is 0 Å². The van der Waals surface area contributed by atoms with E-state index in [-0.39, 0.29) is 17.0 Å². The number of benzene rings is 1. The molecule has 2 rings (SSSR count). The molecule has 1 aromatic carbocycles. The number of phenols is 1. The molecule has 19 heavy (non-hydrogen) atoms. The molecule has 0 bridgehead atoms. The van der Waals surface area contributed by atoms with E-state index < -0.39 is 12.0 Å². The van der Waals surface area contributed by atoms with Gasteiger partial charge in [-0.2, -0.15) is 0 Å². The average Bonchev–Trinajstić information content (AvgIpc) is 2.84. The third-order valence-electron chi connectivity index (χ3n) is 2.07. The Morgan fingerprint density at radius 2 is 2.05 bits per heavy atom. The number of nitrogens with one attached hydrogen (secondary N) is 2. The summed E-state index contributed by atoms with van der Waals surface area (Å²) in [6.07, 6.45) is 0. The zero-order valence-corrected chi connectivity index (χ0v) is 10.1. The number of hydrogen-bond acceptors (Lipinski definition) is 6. The van der Waals surface area contributed by atoms with Crippen LogP contribution in [-0.4, -0.2) is 32.4 Å². The summed E-state index contributed by atoms with van der Waals surface area (Å²) in [6.45, 7) is 0. The molecule has 2 aromatic rings. The van der Waals surface area contributed by atoms with E-state index in [1.54, 1.807) is 0 Å². The van der Waals surface area contributed by atoms with Crippen LogP contribution in [0.15, 0.2) is 23.7 Å². The van der Waals surface area contributed by atoms with Crippen LogP contribution in [0, 0.1) is 0 Å². The molecule has 8 nitrogen and oxygen atoms in total. The second kappa shape index (κ2) is 5.31. The number of carboxylic acid groups (broad SMARTS) is 1. The minimum atomic E-state index is -1.29. The Labute approximate surface area is 110 Å². The Hall–Kier alpha value is -2.68. The lowest BCUT2D eigenvalue weighted by molar-refractivity contribution is 0.0693. The molecule has 0 aliphatic carbocycles. The minimum absolute atomic E-state index is 0.234. The van der Waals surface area contributed by atoms with Crippen LogP contribution in [0.4, 0.5) is 15.6 Å². The fraction of sp³-hybridized carbons (Fsp3) is 0. The summed E-state index contributed by atoms with van der Waals surface area (Å²) in [5.74, 6) is -1.66. The van der Waals surface area contributed by atoms with Gasteiger partial charge in [-0.1, -0.05) is 11.3 Å². The first kappa shape index (κ1) is 12.8. The van der Waals surface area contributed by atoms with Gasteiger partial charge in [-0.15, -0.1) is 10.2 Å². The van der Waals surface area contributed by atoms with E-state index in [1.165, 1.54) is 17.6 Å². The highest BCUT2D eigenvalue weighted by atomic mass is 32.1. The Morgan fingerprint density at radius 1 is 1.26 bits per heavy atom. The van der Waals surface area contributed by atoms with Gasteiger partial charge in [-0.25, -0.2) is 9.59 Å². The smallest absolute Gasteiger partial charge is 0.339 e. The van der Waals surface area contributed by atoms with E-state index in [0.717, 1.165) is 17.4 Å². The minimum Gasteiger partial charge on any atom is -0.507 e. The van der Waals surface area contributed by atoms with Crippen molar-refractivity contribution in [2.24, 2.45) is 0 Å². The van der Waals surface area contributed by atoms with Crippen LogP contribution in [0.5, 0.6) is 5.75 Å². The van der Waals surface area contributed by atoms with Crippen LogP contribution in [0.3, 0.4) is 0 Å². The summed E-state index contributed by atoms with van der Waals surface area (Å²) in [5, 5.41) is 30.5. The van der Waals surface area contributed by atoms with Gasteiger partial charge in [0.15, 0.2) is 0 Å². The number of urea groups is 1. The van der Waals surface area contributed by atoms with Crippen LogP contribution in [0.25, 0.3) is 0 Å². The summed E-state index contributed by atoms with van der Waals surface area (Å²) in [6, 6.07) is 3.13. The Kier molecular flexibility index (Phi) is 3.57. The predicted molar refractivity (Wildman–Crippen MR) is 67.6 cm³/mol. The highest BCUT2D eigenvalue weighted by Gasteiger charge is 2.11. The van der Waals surface area contributed by atoms with Gasteiger partial charge in [-0.05, 0) is 18.2 Å². The maximum atomic E-state index is 11.6. The normalized spacial score (nSPS) is 9.89. The Balaban J connectivity index is 2.09. The van der Waals surface area contributed by atoms with Crippen molar-refractivity contribution >= 4 is 34.2 Å². The molecule has 0 saturated heterocycles.